The molecule has 12 atom stereocenters. The average Bonchev–Trinajstić information content (AvgIpc) is 4.24. The summed E-state index contributed by atoms with van der Waals surface area (Å²) in [6.45, 7) is -2.95. The molecule has 9 heterocycles. The van der Waals surface area contributed by atoms with Crippen LogP contribution in [0.1, 0.15) is 42.4 Å². The number of aromatic nitrogens is 11. The summed E-state index contributed by atoms with van der Waals surface area (Å²) in [6.07, 6.45) is -3.84. The zero-order valence-corrected chi connectivity index (χ0v) is 36.8. The zero-order valence-electron chi connectivity index (χ0n) is 45.8. The van der Waals surface area contributed by atoms with Crippen LogP contribution >= 0.6 is 0 Å². The quantitative estimate of drug-likeness (QED) is 0.165. The highest BCUT2D eigenvalue weighted by molar-refractivity contribution is 5.83. The van der Waals surface area contributed by atoms with E-state index in [1.165, 1.54) is 84.2 Å². The summed E-state index contributed by atoms with van der Waals surface area (Å²) in [5, 5.41) is 0. The lowest BCUT2D eigenvalue weighted by Gasteiger charge is -2.21. The van der Waals surface area contributed by atoms with Gasteiger partial charge in [0.15, 0.2) is 41.8 Å². The average molecular weight is 922 g/mol. The van der Waals surface area contributed by atoms with Crippen molar-refractivity contribution in [2.75, 3.05) is 82.2 Å². The summed E-state index contributed by atoms with van der Waals surface area (Å²) in [7, 11) is 6.52. The lowest BCUT2D eigenvalue weighted by atomic mass is 10.1. The van der Waals surface area contributed by atoms with E-state index in [-0.39, 0.29) is 0 Å². The van der Waals surface area contributed by atoms with Gasteiger partial charge in [-0.3, -0.25) is 13.7 Å². The fraction of sp³-hybridized carbons (Fsp3) is 0.610. The van der Waals surface area contributed by atoms with Crippen LogP contribution in [0.15, 0.2) is 43.9 Å². The van der Waals surface area contributed by atoms with Gasteiger partial charge in [0.25, 0.3) is 0 Å². The third-order valence-electron chi connectivity index (χ3n) is 10.9. The molecule has 354 valence electrons. The van der Waals surface area contributed by atoms with E-state index in [9.17, 15) is 4.39 Å². The van der Waals surface area contributed by atoms with Crippen molar-refractivity contribution in [2.24, 2.45) is 0 Å². The highest BCUT2D eigenvalue weighted by Gasteiger charge is 2.49. The van der Waals surface area contributed by atoms with Crippen LogP contribution in [0.2, 0.25) is 0 Å². The zero-order chi connectivity index (χ0) is 54.2. The maximum atomic E-state index is 14.8. The van der Waals surface area contributed by atoms with Crippen molar-refractivity contribution in [3.8, 4) is 0 Å². The van der Waals surface area contributed by atoms with Gasteiger partial charge in [0, 0.05) is 63.0 Å². The Balaban J connectivity index is 0.000000163. The fourth-order valence-corrected chi connectivity index (χ4v) is 7.81. The number of pyridine rings is 1. The minimum atomic E-state index is -2.75. The van der Waals surface area contributed by atoms with Crippen molar-refractivity contribution < 1.29 is 68.8 Å². The third-order valence-corrected chi connectivity index (χ3v) is 10.9. The van der Waals surface area contributed by atoms with E-state index < -0.39 is 100 Å². The molecule has 3 fully saturated rings. The molecule has 0 spiro atoms. The normalized spacial score (nSPS) is 31.7. The van der Waals surface area contributed by atoms with Gasteiger partial charge in [-0.15, -0.1) is 0 Å². The summed E-state index contributed by atoms with van der Waals surface area (Å²) < 4.78 is 148. The first-order valence-electron chi connectivity index (χ1n) is 24.3. The summed E-state index contributed by atoms with van der Waals surface area (Å²) in [6, 6.07) is 1.66. The molecule has 24 heteroatoms. The van der Waals surface area contributed by atoms with Crippen molar-refractivity contribution in [2.45, 2.75) is 87.5 Å². The van der Waals surface area contributed by atoms with Gasteiger partial charge in [-0.1, -0.05) is 0 Å². The van der Waals surface area contributed by atoms with E-state index in [1.54, 1.807) is 37.0 Å². The number of fused-ring (bicyclic) bond motifs is 3. The van der Waals surface area contributed by atoms with Gasteiger partial charge in [0.1, 0.15) is 78.0 Å². The number of anilines is 1. The second kappa shape index (κ2) is 21.5. The molecule has 0 bridgehead atoms. The Labute approximate surface area is 386 Å². The molecule has 3 aliphatic rings. The third kappa shape index (κ3) is 9.38. The van der Waals surface area contributed by atoms with E-state index in [0.29, 0.717) is 50.6 Å². The topological polar surface area (TPSA) is 245 Å². The molecule has 6 aromatic heterocycles. The minimum absolute atomic E-state index is 0.403. The summed E-state index contributed by atoms with van der Waals surface area (Å²) in [5.41, 5.74) is 10.6. The SMILES string of the molecule is [2H]C([2H])(OC)[C@H]1O[C@@H](n2cnc3c(C)ncnc32)[C@H](F)[C@@H]1OC.[2H]C([2H])(OC)[C@H]1O[C@@H](n2cnc3c(N)ccnc32)[C@@H](OC)C1OC.[2H]C([2H])([2H])O[C@@H]1[C@H](OC)[C@@H](C([2H])([2H])OC)O[C@H]1n1cnc2c(C)ncnc21. The highest BCUT2D eigenvalue weighted by Crippen LogP contribution is 2.38. The van der Waals surface area contributed by atoms with Crippen LogP contribution in [0.5, 0.6) is 0 Å². The van der Waals surface area contributed by atoms with Gasteiger partial charge in [-0.2, -0.15) is 0 Å². The van der Waals surface area contributed by atoms with Gasteiger partial charge in [0.2, 0.25) is 0 Å². The number of ether oxygens (including phenoxy) is 11. The van der Waals surface area contributed by atoms with E-state index in [0.717, 1.165) is 0 Å². The molecule has 3 saturated heterocycles. The Bertz CT molecular complexity index is 2850. The number of nitrogens with zero attached hydrogens (tertiary/aromatic N) is 11. The van der Waals surface area contributed by atoms with Crippen LogP contribution in [-0.4, -0.2) is 185 Å². The Hall–Kier alpha value is -4.99. The fourth-order valence-electron chi connectivity index (χ4n) is 7.81. The Kier molecular flexibility index (Phi) is 12.3. The van der Waals surface area contributed by atoms with Crippen LogP contribution < -0.4 is 5.73 Å². The van der Waals surface area contributed by atoms with Crippen LogP contribution in [0.4, 0.5) is 10.1 Å². The second-order valence-electron chi connectivity index (χ2n) is 14.4. The van der Waals surface area contributed by atoms with Crippen molar-refractivity contribution in [1.29, 1.82) is 0 Å². The molecule has 3 aliphatic heterocycles. The van der Waals surface area contributed by atoms with Crippen molar-refractivity contribution in [3.63, 3.8) is 0 Å². The maximum absolute atomic E-state index is 14.8. The number of rotatable bonds is 14. The number of hydrogen-bond acceptors (Lipinski definition) is 20. The van der Waals surface area contributed by atoms with E-state index in [4.69, 9.17) is 70.2 Å². The van der Waals surface area contributed by atoms with Gasteiger partial charge >= 0.3 is 0 Å². The molecule has 0 saturated carbocycles. The number of hydrogen-bond donors (Lipinski definition) is 1. The Morgan fingerprint density at radius 3 is 1.45 bits per heavy atom. The number of imidazole rings is 3. The summed E-state index contributed by atoms with van der Waals surface area (Å²) in [5.74, 6) is 0. The Morgan fingerprint density at radius 1 is 0.569 bits per heavy atom. The highest BCUT2D eigenvalue weighted by atomic mass is 19.1. The van der Waals surface area contributed by atoms with Gasteiger partial charge in [0.05, 0.1) is 68.1 Å². The number of nitrogen functional groups attached to an aromatic ring is 1. The molecule has 0 radical (unpaired) electrons. The molecule has 0 amide bonds. The van der Waals surface area contributed by atoms with Crippen molar-refractivity contribution in [1.82, 2.24) is 53.6 Å². The maximum Gasteiger partial charge on any atom is 0.174 e. The molecule has 2 N–H and O–H groups in total. The number of halogens is 1. The molecular formula is C41H57FN12O11. The van der Waals surface area contributed by atoms with Gasteiger partial charge in [-0.05, 0) is 19.9 Å². The molecule has 0 aromatic carbocycles. The van der Waals surface area contributed by atoms with Crippen LogP contribution in [0.3, 0.4) is 0 Å². The second-order valence-corrected chi connectivity index (χ2v) is 14.4. The Morgan fingerprint density at radius 2 is 0.985 bits per heavy atom. The van der Waals surface area contributed by atoms with Crippen molar-refractivity contribution in [3.05, 3.63) is 55.3 Å². The summed E-state index contributed by atoms with van der Waals surface area (Å²) in [4.78, 5) is 33.4. The molecule has 6 aromatic rings. The predicted octanol–water partition coefficient (Wildman–Crippen LogP) is 2.33. The lowest BCUT2D eigenvalue weighted by Crippen LogP contribution is -2.36. The first-order valence-corrected chi connectivity index (χ1v) is 19.8. The van der Waals surface area contributed by atoms with E-state index in [2.05, 4.69) is 39.9 Å². The van der Waals surface area contributed by atoms with Crippen LogP contribution in [0.25, 0.3) is 33.5 Å². The monoisotopic (exact) mass is 921 g/mol. The lowest BCUT2D eigenvalue weighted by molar-refractivity contribution is -0.0636. The number of aryl methyl sites for hydroxylation is 2. The molecular weight excluding hydrogens is 856 g/mol. The largest absolute Gasteiger partial charge is 0.397 e. The van der Waals surface area contributed by atoms with E-state index >= 15 is 0 Å². The smallest absolute Gasteiger partial charge is 0.174 e. The first-order chi connectivity index (χ1) is 34.9. The summed E-state index contributed by atoms with van der Waals surface area (Å²) >= 11 is 0. The number of methoxy groups -OCH3 is 8. The molecule has 9 rings (SSSR count). The predicted molar refractivity (Wildman–Crippen MR) is 228 cm³/mol. The standard InChI is InChI=1S/2C14H20N4O4.C13H17FN4O3/c1-8-10-13(16-6-15-8)18(7-17-10)14-12(21-4)11(20-3)9(22-14)5-19-2;1-19-6-9-11(20-2)12(21-3)14(22-9)18-7-17-10-8(15)4-5-16-13(10)18;1-7-10-12(16-5-15-7)18(6-17-10)13-9(14)11(20-3)8(21-13)4-19-2/h6-7,9,11-12,14H,5H2,1-4H3;4-5,7,9,11-12,14H,6H2,1-3H3,(H2,15,16);5-6,8-9,11,13H,4H2,1-3H3/t9-,11-,12-,14-;9-,11?,12+,14-;8-,9-,11-,13-/m111/s1/i4D3,5D2;6D2;4D2. The van der Waals surface area contributed by atoms with Crippen molar-refractivity contribution >= 4 is 39.2 Å². The number of nitrogens with two attached hydrogens (primary N) is 1. The van der Waals surface area contributed by atoms with Crippen LogP contribution in [-0.2, 0) is 52.1 Å². The first kappa shape index (κ1) is 37.1. The molecule has 65 heavy (non-hydrogen) atoms. The van der Waals surface area contributed by atoms with E-state index in [1.807, 2.05) is 0 Å². The molecule has 23 nitrogen and oxygen atoms in total. The van der Waals surface area contributed by atoms with Gasteiger partial charge < -0.3 is 57.8 Å². The number of alkyl halides is 1. The molecule has 0 aliphatic carbocycles. The molecule has 1 unspecified atom stereocenters. The van der Waals surface area contributed by atoms with Crippen LogP contribution in [0, 0.1) is 13.8 Å². The van der Waals surface area contributed by atoms with Gasteiger partial charge in [-0.25, -0.2) is 44.3 Å². The minimum Gasteiger partial charge on any atom is -0.397 e.